The minimum absolute atomic E-state index is 0.0177. The first-order chi connectivity index (χ1) is 22.1. The van der Waals surface area contributed by atoms with Gasteiger partial charge in [0.1, 0.15) is 0 Å². The number of amides is 2. The lowest BCUT2D eigenvalue weighted by Crippen LogP contribution is -2.30. The zero-order valence-electron chi connectivity index (χ0n) is 25.1. The van der Waals surface area contributed by atoms with Crippen LogP contribution in [0.3, 0.4) is 0 Å². The minimum atomic E-state index is -5.08. The second-order valence-corrected chi connectivity index (χ2v) is 10.2. The molecule has 0 heterocycles. The molecule has 0 aromatic heterocycles. The molecule has 0 saturated heterocycles. The highest BCUT2D eigenvalue weighted by Gasteiger charge is 2.38. The number of nitrogens with two attached hydrogens (primary N) is 1. The predicted molar refractivity (Wildman–Crippen MR) is 173 cm³/mol. The third-order valence-corrected chi connectivity index (χ3v) is 6.70. The number of hydrogen-bond donors (Lipinski definition) is 3. The normalized spacial score (nSPS) is 11.0. The number of carboxylic acids is 1. The first-order valence-corrected chi connectivity index (χ1v) is 14.6. The average Bonchev–Trinajstić information content (AvgIpc) is 3.06. The monoisotopic (exact) mass is 631 g/mol. The van der Waals surface area contributed by atoms with Crippen molar-refractivity contribution in [2.75, 3.05) is 19.6 Å². The highest BCUT2D eigenvalue weighted by Crippen LogP contribution is 2.23. The maximum atomic E-state index is 13.3. The summed E-state index contributed by atoms with van der Waals surface area (Å²) >= 11 is 0. The smallest absolute Gasteiger partial charge is 0.475 e. The van der Waals surface area contributed by atoms with Crippen molar-refractivity contribution in [2.24, 2.45) is 5.73 Å². The van der Waals surface area contributed by atoms with E-state index in [2.05, 4.69) is 23.5 Å². The molecule has 240 valence electrons. The van der Waals surface area contributed by atoms with Gasteiger partial charge in [-0.05, 0) is 64.9 Å². The van der Waals surface area contributed by atoms with Crippen molar-refractivity contribution >= 4 is 23.9 Å². The van der Waals surface area contributed by atoms with Crippen LogP contribution in [0.2, 0.25) is 0 Å². The Morgan fingerprint density at radius 1 is 0.804 bits per heavy atom. The van der Waals surface area contributed by atoms with E-state index in [0.717, 1.165) is 35.1 Å². The van der Waals surface area contributed by atoms with Gasteiger partial charge in [-0.1, -0.05) is 91.0 Å². The number of nitrogens with one attached hydrogen (secondary N) is 1. The summed E-state index contributed by atoms with van der Waals surface area (Å²) in [5, 5.41) is 9.94. The Labute approximate surface area is 266 Å². The fourth-order valence-electron chi connectivity index (χ4n) is 4.42. The molecule has 0 bridgehead atoms. The van der Waals surface area contributed by atoms with Crippen molar-refractivity contribution in [1.82, 2.24) is 10.2 Å². The Morgan fingerprint density at radius 3 is 2.02 bits per heavy atom. The van der Waals surface area contributed by atoms with Crippen LogP contribution in [0.1, 0.15) is 33.5 Å². The molecule has 0 spiro atoms. The lowest BCUT2D eigenvalue weighted by atomic mass is 10.0. The van der Waals surface area contributed by atoms with Crippen molar-refractivity contribution in [2.45, 2.75) is 25.6 Å². The number of carbonyl (C=O) groups excluding carboxylic acids is 2. The molecule has 7 nitrogen and oxygen atoms in total. The molecule has 4 aromatic carbocycles. The van der Waals surface area contributed by atoms with Crippen molar-refractivity contribution < 1.29 is 32.7 Å². The van der Waals surface area contributed by atoms with Crippen LogP contribution in [0.15, 0.2) is 115 Å². The Morgan fingerprint density at radius 2 is 1.39 bits per heavy atom. The third kappa shape index (κ3) is 12.0. The number of rotatable bonds is 12. The lowest BCUT2D eigenvalue weighted by molar-refractivity contribution is -0.192. The number of aryl methyl sites for hydroxylation is 1. The van der Waals surface area contributed by atoms with Gasteiger partial charge in [0.2, 0.25) is 5.91 Å². The van der Waals surface area contributed by atoms with Crippen molar-refractivity contribution in [1.29, 1.82) is 0 Å². The van der Waals surface area contributed by atoms with Crippen molar-refractivity contribution in [3.8, 4) is 11.1 Å². The number of benzene rings is 4. The number of carboxylic acid groups (broad SMARTS) is 1. The van der Waals surface area contributed by atoms with Crippen molar-refractivity contribution in [3.05, 3.63) is 138 Å². The fourth-order valence-corrected chi connectivity index (χ4v) is 4.42. The summed E-state index contributed by atoms with van der Waals surface area (Å²) in [6, 6.07) is 35.9. The molecule has 0 unspecified atom stereocenters. The molecule has 46 heavy (non-hydrogen) atoms. The fraction of sp³-hybridized carbons (Fsp3) is 0.194. The Kier molecular flexibility index (Phi) is 13.7. The Hall–Kier alpha value is -5.22. The molecule has 0 aliphatic heterocycles. The van der Waals surface area contributed by atoms with Gasteiger partial charge in [0, 0.05) is 37.8 Å². The maximum absolute atomic E-state index is 13.3. The van der Waals surface area contributed by atoms with E-state index >= 15 is 0 Å². The van der Waals surface area contributed by atoms with Crippen LogP contribution in [0, 0.1) is 0 Å². The number of aliphatic carboxylic acids is 1. The number of halogens is 3. The maximum Gasteiger partial charge on any atom is 0.490 e. The molecule has 4 N–H and O–H groups in total. The summed E-state index contributed by atoms with van der Waals surface area (Å²) in [4.78, 5) is 36.5. The molecule has 0 saturated carbocycles. The minimum Gasteiger partial charge on any atom is -0.475 e. The van der Waals surface area contributed by atoms with Crippen LogP contribution in [0.4, 0.5) is 13.2 Å². The van der Waals surface area contributed by atoms with Crippen LogP contribution >= 0.6 is 0 Å². The van der Waals surface area contributed by atoms with Crippen LogP contribution in [-0.4, -0.2) is 53.6 Å². The van der Waals surface area contributed by atoms with Crippen molar-refractivity contribution in [3.63, 3.8) is 0 Å². The van der Waals surface area contributed by atoms with Crippen LogP contribution in [0.5, 0.6) is 0 Å². The molecule has 0 aliphatic rings. The van der Waals surface area contributed by atoms with E-state index < -0.39 is 12.1 Å². The molecular weight excluding hydrogens is 595 g/mol. The summed E-state index contributed by atoms with van der Waals surface area (Å²) in [5.74, 6) is -2.91. The zero-order valence-corrected chi connectivity index (χ0v) is 25.1. The van der Waals surface area contributed by atoms with Gasteiger partial charge in [0.25, 0.3) is 5.91 Å². The summed E-state index contributed by atoms with van der Waals surface area (Å²) in [7, 11) is 0. The Balaban J connectivity index is 0.000000738. The van der Waals surface area contributed by atoms with E-state index in [1.165, 1.54) is 5.56 Å². The van der Waals surface area contributed by atoms with Crippen LogP contribution in [-0.2, 0) is 22.6 Å². The van der Waals surface area contributed by atoms with E-state index in [1.807, 2.05) is 95.9 Å². The molecule has 0 atom stereocenters. The standard InChI is InChI=1S/C34H35N3O2.C2HF3O2/c35-21-22-36-34(39)32-18-8-17-31(25-32)30-16-7-14-29(24-30)26-37(23-9-15-27-10-3-1-4-11-27)33(38)20-19-28-12-5-2-6-13-28;3-2(4,5)1(6)7/h1-8,10-14,16-20,24-25H,9,15,21-23,26,35H2,(H,36,39);(H,6,7)/b20-19+;. The van der Waals surface area contributed by atoms with Crippen LogP contribution in [0.25, 0.3) is 17.2 Å². The summed E-state index contributed by atoms with van der Waals surface area (Å²) < 4.78 is 31.7. The van der Waals surface area contributed by atoms with Gasteiger partial charge in [-0.3, -0.25) is 9.59 Å². The highest BCUT2D eigenvalue weighted by molar-refractivity contribution is 5.95. The predicted octanol–water partition coefficient (Wildman–Crippen LogP) is 6.35. The van der Waals surface area contributed by atoms with Gasteiger partial charge < -0.3 is 21.1 Å². The number of hydrogen-bond acceptors (Lipinski definition) is 4. The molecule has 2 amide bonds. The largest absolute Gasteiger partial charge is 0.490 e. The zero-order chi connectivity index (χ0) is 33.4. The Bertz CT molecular complexity index is 1590. The van der Waals surface area contributed by atoms with E-state index in [9.17, 15) is 22.8 Å². The van der Waals surface area contributed by atoms with Gasteiger partial charge in [-0.2, -0.15) is 13.2 Å². The molecule has 10 heteroatoms. The lowest BCUT2D eigenvalue weighted by Gasteiger charge is -2.22. The molecular formula is C36H36F3N3O4. The van der Waals surface area contributed by atoms with Gasteiger partial charge in [-0.25, -0.2) is 4.79 Å². The van der Waals surface area contributed by atoms with Gasteiger partial charge in [0.05, 0.1) is 0 Å². The third-order valence-electron chi connectivity index (χ3n) is 6.70. The average molecular weight is 632 g/mol. The van der Waals surface area contributed by atoms with E-state index in [-0.39, 0.29) is 11.8 Å². The SMILES string of the molecule is NCCNC(=O)c1cccc(-c2cccc(CN(CCCc3ccccc3)C(=O)/C=C/c3ccccc3)c2)c1.O=C(O)C(F)(F)F. The van der Waals surface area contributed by atoms with Crippen LogP contribution < -0.4 is 11.1 Å². The van der Waals surface area contributed by atoms with E-state index in [1.54, 1.807) is 12.1 Å². The van der Waals surface area contributed by atoms with E-state index in [4.69, 9.17) is 15.6 Å². The second-order valence-electron chi connectivity index (χ2n) is 10.2. The number of alkyl halides is 3. The number of nitrogens with zero attached hydrogens (tertiary/aromatic N) is 1. The molecule has 0 aliphatic carbocycles. The molecule has 4 rings (SSSR count). The van der Waals surface area contributed by atoms with Gasteiger partial charge >= 0.3 is 12.1 Å². The van der Waals surface area contributed by atoms with Gasteiger partial charge in [0.15, 0.2) is 0 Å². The summed E-state index contributed by atoms with van der Waals surface area (Å²) in [6.45, 7) is 1.98. The van der Waals surface area contributed by atoms with E-state index in [0.29, 0.717) is 31.7 Å². The first-order valence-electron chi connectivity index (χ1n) is 14.6. The summed E-state index contributed by atoms with van der Waals surface area (Å²) in [6.07, 6.45) is 0.218. The summed E-state index contributed by atoms with van der Waals surface area (Å²) in [5.41, 5.74) is 11.3. The second kappa shape index (κ2) is 17.9. The topological polar surface area (TPSA) is 113 Å². The first kappa shape index (κ1) is 35.3. The molecule has 0 radical (unpaired) electrons. The quantitative estimate of drug-likeness (QED) is 0.158. The molecule has 0 fully saturated rings. The number of carbonyl (C=O) groups is 3. The molecule has 4 aromatic rings. The van der Waals surface area contributed by atoms with Gasteiger partial charge in [-0.15, -0.1) is 0 Å². The highest BCUT2D eigenvalue weighted by atomic mass is 19.4.